The van der Waals surface area contributed by atoms with Gasteiger partial charge in [0.05, 0.1) is 0 Å². The van der Waals surface area contributed by atoms with Crippen molar-refractivity contribution in [3.05, 3.63) is 0 Å². The minimum Gasteiger partial charge on any atom is -0.481 e. The molecule has 0 heterocycles. The zero-order valence-corrected chi connectivity index (χ0v) is 7.82. The molecule has 0 saturated heterocycles. The lowest BCUT2D eigenvalue weighted by atomic mass is 9.95. The van der Waals surface area contributed by atoms with E-state index >= 15 is 0 Å². The van der Waals surface area contributed by atoms with Crippen molar-refractivity contribution in [2.45, 2.75) is 39.0 Å². The van der Waals surface area contributed by atoms with Gasteiger partial charge in [0.15, 0.2) is 0 Å². The molecular weight excluding hydrogens is 172 g/mol. The second kappa shape index (κ2) is 6.46. The molecule has 0 aliphatic heterocycles. The van der Waals surface area contributed by atoms with Crippen molar-refractivity contribution in [1.82, 2.24) is 0 Å². The Kier molecular flexibility index (Phi) is 5.93. The van der Waals surface area contributed by atoms with E-state index in [1.807, 2.05) is 6.92 Å². The van der Waals surface area contributed by atoms with Crippen molar-refractivity contribution in [1.29, 1.82) is 0 Å². The highest BCUT2D eigenvalue weighted by molar-refractivity contribution is 5.67. The van der Waals surface area contributed by atoms with E-state index in [1.54, 1.807) is 0 Å². The van der Waals surface area contributed by atoms with E-state index in [-0.39, 0.29) is 18.8 Å². The minimum absolute atomic E-state index is 0.137. The molecular formula is C9H16O4. The average Bonchev–Trinajstić information content (AvgIpc) is 2.04. The minimum atomic E-state index is -0.811. The van der Waals surface area contributed by atoms with Crippen LogP contribution in [0.3, 0.4) is 0 Å². The predicted molar refractivity (Wildman–Crippen MR) is 47.5 cm³/mol. The van der Waals surface area contributed by atoms with Crippen molar-refractivity contribution in [2.24, 2.45) is 5.92 Å². The van der Waals surface area contributed by atoms with Crippen molar-refractivity contribution in [3.63, 3.8) is 0 Å². The van der Waals surface area contributed by atoms with E-state index in [9.17, 15) is 9.59 Å². The Morgan fingerprint density at radius 3 is 1.69 bits per heavy atom. The van der Waals surface area contributed by atoms with Crippen LogP contribution in [0, 0.1) is 5.92 Å². The van der Waals surface area contributed by atoms with Gasteiger partial charge in [0.1, 0.15) is 0 Å². The third-order valence-electron chi connectivity index (χ3n) is 2.11. The third-order valence-corrected chi connectivity index (χ3v) is 2.11. The Morgan fingerprint density at radius 1 is 1.08 bits per heavy atom. The second-order valence-electron chi connectivity index (χ2n) is 3.14. The summed E-state index contributed by atoms with van der Waals surface area (Å²) >= 11 is 0. The monoisotopic (exact) mass is 188 g/mol. The number of rotatable bonds is 7. The van der Waals surface area contributed by atoms with Gasteiger partial charge >= 0.3 is 11.9 Å². The van der Waals surface area contributed by atoms with Crippen LogP contribution in [0.4, 0.5) is 0 Å². The van der Waals surface area contributed by atoms with Crippen LogP contribution in [-0.2, 0) is 9.59 Å². The van der Waals surface area contributed by atoms with Crippen molar-refractivity contribution < 1.29 is 19.8 Å². The number of carboxylic acid groups (broad SMARTS) is 2. The Hall–Kier alpha value is -1.06. The number of hydrogen-bond acceptors (Lipinski definition) is 2. The van der Waals surface area contributed by atoms with Gasteiger partial charge in [-0.1, -0.05) is 13.3 Å². The highest BCUT2D eigenvalue weighted by atomic mass is 16.4. The third kappa shape index (κ3) is 7.31. The number of carboxylic acids is 2. The lowest BCUT2D eigenvalue weighted by Crippen LogP contribution is -2.06. The number of carbonyl (C=O) groups is 2. The van der Waals surface area contributed by atoms with Crippen LogP contribution in [0.25, 0.3) is 0 Å². The van der Waals surface area contributed by atoms with Crippen LogP contribution in [0.1, 0.15) is 39.0 Å². The van der Waals surface area contributed by atoms with Gasteiger partial charge in [-0.25, -0.2) is 0 Å². The molecule has 2 N–H and O–H groups in total. The van der Waals surface area contributed by atoms with Crippen LogP contribution in [0.2, 0.25) is 0 Å². The first-order chi connectivity index (χ1) is 6.06. The molecule has 0 aliphatic carbocycles. The fourth-order valence-corrected chi connectivity index (χ4v) is 1.21. The summed E-state index contributed by atoms with van der Waals surface area (Å²) in [6.07, 6.45) is 2.29. The Labute approximate surface area is 77.6 Å². The maximum Gasteiger partial charge on any atom is 0.303 e. The van der Waals surface area contributed by atoms with Gasteiger partial charge in [-0.3, -0.25) is 9.59 Å². The summed E-state index contributed by atoms with van der Waals surface area (Å²) in [7, 11) is 0. The Balaban J connectivity index is 3.63. The van der Waals surface area contributed by atoms with Gasteiger partial charge in [-0.15, -0.1) is 0 Å². The fourth-order valence-electron chi connectivity index (χ4n) is 1.21. The standard InChI is InChI=1S/C9H16O4/c1-2-7(3-5-8(10)11)4-6-9(12)13/h7H,2-6H2,1H3,(H,10,11)(H,12,13). The molecule has 76 valence electrons. The molecule has 0 fully saturated rings. The van der Waals surface area contributed by atoms with Gasteiger partial charge in [-0.05, 0) is 18.8 Å². The molecule has 13 heavy (non-hydrogen) atoms. The maximum absolute atomic E-state index is 10.2. The summed E-state index contributed by atoms with van der Waals surface area (Å²) in [5, 5.41) is 16.8. The van der Waals surface area contributed by atoms with Crippen LogP contribution >= 0.6 is 0 Å². The smallest absolute Gasteiger partial charge is 0.303 e. The maximum atomic E-state index is 10.2. The summed E-state index contributed by atoms with van der Waals surface area (Å²) < 4.78 is 0. The highest BCUT2D eigenvalue weighted by Crippen LogP contribution is 2.17. The summed E-state index contributed by atoms with van der Waals surface area (Å²) in [6.45, 7) is 1.95. The van der Waals surface area contributed by atoms with E-state index in [1.165, 1.54) is 0 Å². The lowest BCUT2D eigenvalue weighted by molar-refractivity contribution is -0.137. The highest BCUT2D eigenvalue weighted by Gasteiger charge is 2.10. The SMILES string of the molecule is CCC(CCC(=O)O)CCC(=O)O. The molecule has 0 spiro atoms. The van der Waals surface area contributed by atoms with E-state index in [2.05, 4.69) is 0 Å². The number of hydrogen-bond donors (Lipinski definition) is 2. The van der Waals surface area contributed by atoms with E-state index in [4.69, 9.17) is 10.2 Å². The molecule has 0 saturated carbocycles. The molecule has 0 aromatic rings. The van der Waals surface area contributed by atoms with Crippen LogP contribution in [0.5, 0.6) is 0 Å². The average molecular weight is 188 g/mol. The first kappa shape index (κ1) is 11.9. The zero-order valence-electron chi connectivity index (χ0n) is 7.82. The largest absolute Gasteiger partial charge is 0.481 e. The molecule has 0 aromatic heterocycles. The van der Waals surface area contributed by atoms with Crippen LogP contribution in [-0.4, -0.2) is 22.2 Å². The molecule has 0 amide bonds. The topological polar surface area (TPSA) is 74.6 Å². The fraction of sp³-hybridized carbons (Fsp3) is 0.778. The van der Waals surface area contributed by atoms with Gasteiger partial charge in [-0.2, -0.15) is 0 Å². The first-order valence-corrected chi connectivity index (χ1v) is 4.49. The van der Waals surface area contributed by atoms with E-state index in [0.29, 0.717) is 12.8 Å². The predicted octanol–water partition coefficient (Wildman–Crippen LogP) is 1.74. The molecule has 0 rings (SSSR count). The Morgan fingerprint density at radius 2 is 1.46 bits per heavy atom. The summed E-state index contributed by atoms with van der Waals surface area (Å²) in [6, 6.07) is 0. The molecule has 0 radical (unpaired) electrons. The van der Waals surface area contributed by atoms with E-state index < -0.39 is 11.9 Å². The lowest BCUT2D eigenvalue weighted by Gasteiger charge is -2.11. The van der Waals surface area contributed by atoms with Gasteiger partial charge in [0, 0.05) is 12.8 Å². The molecule has 0 aromatic carbocycles. The van der Waals surface area contributed by atoms with Crippen molar-refractivity contribution in [3.8, 4) is 0 Å². The first-order valence-electron chi connectivity index (χ1n) is 4.49. The zero-order chi connectivity index (χ0) is 10.3. The normalized spacial score (nSPS) is 10.3. The van der Waals surface area contributed by atoms with Crippen LogP contribution < -0.4 is 0 Å². The van der Waals surface area contributed by atoms with Crippen molar-refractivity contribution >= 4 is 11.9 Å². The van der Waals surface area contributed by atoms with Gasteiger partial charge in [0.25, 0.3) is 0 Å². The molecule has 0 aliphatic rings. The molecule has 0 atom stereocenters. The van der Waals surface area contributed by atoms with Gasteiger partial charge < -0.3 is 10.2 Å². The molecule has 4 heteroatoms. The second-order valence-corrected chi connectivity index (χ2v) is 3.14. The summed E-state index contributed by atoms with van der Waals surface area (Å²) in [4.78, 5) is 20.5. The quantitative estimate of drug-likeness (QED) is 0.638. The summed E-state index contributed by atoms with van der Waals surface area (Å²) in [5.74, 6) is -1.39. The molecule has 0 unspecified atom stereocenters. The van der Waals surface area contributed by atoms with Crippen molar-refractivity contribution in [2.75, 3.05) is 0 Å². The van der Waals surface area contributed by atoms with Crippen LogP contribution in [0.15, 0.2) is 0 Å². The van der Waals surface area contributed by atoms with Gasteiger partial charge in [0.2, 0.25) is 0 Å². The number of aliphatic carboxylic acids is 2. The molecule has 4 nitrogen and oxygen atoms in total. The Bertz CT molecular complexity index is 158. The van der Waals surface area contributed by atoms with E-state index in [0.717, 1.165) is 6.42 Å². The summed E-state index contributed by atoms with van der Waals surface area (Å²) in [5.41, 5.74) is 0. The molecule has 0 bridgehead atoms.